The van der Waals surface area contributed by atoms with Gasteiger partial charge in [0.1, 0.15) is 17.2 Å². The SMILES string of the molecule is CCCCN1C[C@@H](C(=O)NC(Cc2cc(F)cc(F)c2)[C@H](O)[C@H]2CNCCN2C(=O)OC(C)(C)C)CC1=O. The molecule has 1 unspecified atom stereocenters. The Labute approximate surface area is 222 Å². The summed E-state index contributed by atoms with van der Waals surface area (Å²) in [5.41, 5.74) is -0.505. The molecule has 0 saturated carbocycles. The predicted octanol–water partition coefficient (Wildman–Crippen LogP) is 2.21. The Morgan fingerprint density at radius 3 is 2.55 bits per heavy atom. The molecule has 0 aliphatic carbocycles. The normalized spacial score (nSPS) is 21.8. The number of rotatable bonds is 9. The van der Waals surface area contributed by atoms with Gasteiger partial charge in [0.15, 0.2) is 0 Å². The topological polar surface area (TPSA) is 111 Å². The van der Waals surface area contributed by atoms with Crippen molar-refractivity contribution in [3.8, 4) is 0 Å². The summed E-state index contributed by atoms with van der Waals surface area (Å²) in [6, 6.07) is 1.28. The Kier molecular flexibility index (Phi) is 10.1. The maximum atomic E-state index is 13.9. The molecule has 2 fully saturated rings. The van der Waals surface area contributed by atoms with Gasteiger partial charge in [-0.15, -0.1) is 0 Å². The number of aliphatic hydroxyl groups is 1. The molecular formula is C27H40F2N4O5. The first-order chi connectivity index (χ1) is 17.9. The number of amides is 3. The second-order valence-corrected chi connectivity index (χ2v) is 11.1. The van der Waals surface area contributed by atoms with E-state index in [0.29, 0.717) is 13.1 Å². The second-order valence-electron chi connectivity index (χ2n) is 11.1. The number of aliphatic hydroxyl groups excluding tert-OH is 1. The van der Waals surface area contributed by atoms with Gasteiger partial charge >= 0.3 is 6.09 Å². The molecule has 1 aromatic carbocycles. The molecule has 4 atom stereocenters. The lowest BCUT2D eigenvalue weighted by Crippen LogP contribution is -2.63. The van der Waals surface area contributed by atoms with Gasteiger partial charge in [0.2, 0.25) is 11.8 Å². The molecular weight excluding hydrogens is 498 g/mol. The number of hydrogen-bond acceptors (Lipinski definition) is 6. The Balaban J connectivity index is 1.82. The minimum atomic E-state index is -1.29. The summed E-state index contributed by atoms with van der Waals surface area (Å²) in [6.07, 6.45) is -0.163. The zero-order valence-electron chi connectivity index (χ0n) is 22.6. The van der Waals surface area contributed by atoms with Crippen LogP contribution in [-0.4, -0.2) is 89.3 Å². The zero-order chi connectivity index (χ0) is 28.0. The molecule has 2 heterocycles. The fraction of sp³-hybridized carbons (Fsp3) is 0.667. The first-order valence-corrected chi connectivity index (χ1v) is 13.3. The van der Waals surface area contributed by atoms with Crippen LogP contribution in [0.25, 0.3) is 0 Å². The largest absolute Gasteiger partial charge is 0.444 e. The molecule has 1 aromatic rings. The van der Waals surface area contributed by atoms with Gasteiger partial charge in [-0.3, -0.25) is 14.5 Å². The molecule has 0 spiro atoms. The van der Waals surface area contributed by atoms with Crippen molar-refractivity contribution in [3.63, 3.8) is 0 Å². The van der Waals surface area contributed by atoms with Gasteiger partial charge in [0.25, 0.3) is 0 Å². The van der Waals surface area contributed by atoms with Gasteiger partial charge in [0, 0.05) is 45.2 Å². The molecule has 2 aliphatic rings. The van der Waals surface area contributed by atoms with Gasteiger partial charge in [0.05, 0.1) is 24.1 Å². The standard InChI is InChI=1S/C27H40F2N4O5/c1-5-6-8-32-16-18(13-23(32)34)25(36)31-21(12-17-10-19(28)14-20(29)11-17)24(35)22-15-30-7-9-33(22)26(37)38-27(2,3)4/h10-11,14,18,21-22,24,30,35H,5-9,12-13,15-16H2,1-4H3,(H,31,36)/t18-,21?,22+,24-/m0/s1. The first-order valence-electron chi connectivity index (χ1n) is 13.3. The van der Waals surface area contributed by atoms with Crippen molar-refractivity contribution in [2.75, 3.05) is 32.7 Å². The van der Waals surface area contributed by atoms with Crippen LogP contribution < -0.4 is 10.6 Å². The molecule has 2 aliphatic heterocycles. The Morgan fingerprint density at radius 1 is 1.24 bits per heavy atom. The Hall–Kier alpha value is -2.79. The third-order valence-corrected chi connectivity index (χ3v) is 6.79. The van der Waals surface area contributed by atoms with E-state index in [4.69, 9.17) is 4.74 Å². The molecule has 0 bridgehead atoms. The van der Waals surface area contributed by atoms with Gasteiger partial charge in [-0.1, -0.05) is 13.3 Å². The van der Waals surface area contributed by atoms with Crippen LogP contribution in [0.4, 0.5) is 13.6 Å². The number of carbonyl (C=O) groups is 3. The maximum Gasteiger partial charge on any atom is 0.410 e. The van der Waals surface area contributed by atoms with Crippen molar-refractivity contribution in [3.05, 3.63) is 35.4 Å². The third-order valence-electron chi connectivity index (χ3n) is 6.79. The number of nitrogens with zero attached hydrogens (tertiary/aromatic N) is 2. The van der Waals surface area contributed by atoms with E-state index in [2.05, 4.69) is 10.6 Å². The van der Waals surface area contributed by atoms with Crippen LogP contribution in [0.1, 0.15) is 52.5 Å². The molecule has 212 valence electrons. The third kappa shape index (κ3) is 8.10. The average Bonchev–Trinajstić information content (AvgIpc) is 3.20. The minimum Gasteiger partial charge on any atom is -0.444 e. The average molecular weight is 539 g/mol. The van der Waals surface area contributed by atoms with Crippen molar-refractivity contribution < 1.29 is 33.0 Å². The van der Waals surface area contributed by atoms with Crippen molar-refractivity contribution in [2.24, 2.45) is 5.92 Å². The summed E-state index contributed by atoms with van der Waals surface area (Å²) < 4.78 is 33.4. The van der Waals surface area contributed by atoms with E-state index >= 15 is 0 Å². The highest BCUT2D eigenvalue weighted by molar-refractivity contribution is 5.89. The number of nitrogens with one attached hydrogen (secondary N) is 2. The molecule has 3 amide bonds. The number of benzene rings is 1. The van der Waals surface area contributed by atoms with E-state index in [1.54, 1.807) is 25.7 Å². The van der Waals surface area contributed by atoms with E-state index in [-0.39, 0.29) is 43.9 Å². The van der Waals surface area contributed by atoms with Crippen LogP contribution in [0.3, 0.4) is 0 Å². The number of halogens is 2. The Bertz CT molecular complexity index is 982. The lowest BCUT2D eigenvalue weighted by atomic mass is 9.93. The molecule has 38 heavy (non-hydrogen) atoms. The van der Waals surface area contributed by atoms with Crippen molar-refractivity contribution in [1.29, 1.82) is 0 Å². The fourth-order valence-corrected chi connectivity index (χ4v) is 4.90. The van der Waals surface area contributed by atoms with Crippen LogP contribution in [0.5, 0.6) is 0 Å². The Morgan fingerprint density at radius 2 is 1.92 bits per heavy atom. The number of carbonyl (C=O) groups excluding carboxylic acids is 3. The smallest absolute Gasteiger partial charge is 0.410 e. The van der Waals surface area contributed by atoms with Crippen LogP contribution in [0, 0.1) is 17.6 Å². The fourth-order valence-electron chi connectivity index (χ4n) is 4.90. The highest BCUT2D eigenvalue weighted by Gasteiger charge is 2.40. The van der Waals surface area contributed by atoms with E-state index < -0.39 is 53.3 Å². The van der Waals surface area contributed by atoms with E-state index in [0.717, 1.165) is 31.0 Å². The summed E-state index contributed by atoms with van der Waals surface area (Å²) in [5.74, 6) is -2.68. The van der Waals surface area contributed by atoms with Crippen LogP contribution in [0.15, 0.2) is 18.2 Å². The van der Waals surface area contributed by atoms with Crippen LogP contribution in [-0.2, 0) is 20.7 Å². The number of hydrogen-bond donors (Lipinski definition) is 3. The van der Waals surface area contributed by atoms with E-state index in [9.17, 15) is 28.3 Å². The molecule has 0 aromatic heterocycles. The van der Waals surface area contributed by atoms with Gasteiger partial charge in [-0.05, 0) is 51.3 Å². The van der Waals surface area contributed by atoms with Gasteiger partial charge in [-0.25, -0.2) is 13.6 Å². The number of likely N-dealkylation sites (tertiary alicyclic amines) is 1. The van der Waals surface area contributed by atoms with Gasteiger partial charge < -0.3 is 25.4 Å². The molecule has 9 nitrogen and oxygen atoms in total. The summed E-state index contributed by atoms with van der Waals surface area (Å²) in [7, 11) is 0. The van der Waals surface area contributed by atoms with Crippen LogP contribution in [0.2, 0.25) is 0 Å². The molecule has 2 saturated heterocycles. The van der Waals surface area contributed by atoms with E-state index in [1.165, 1.54) is 4.90 Å². The van der Waals surface area contributed by atoms with E-state index in [1.807, 2.05) is 6.92 Å². The number of unbranched alkanes of at least 4 members (excludes halogenated alkanes) is 1. The summed E-state index contributed by atoms with van der Waals surface area (Å²) in [6.45, 7) is 9.10. The summed E-state index contributed by atoms with van der Waals surface area (Å²) in [5, 5.41) is 17.5. The zero-order valence-corrected chi connectivity index (χ0v) is 22.6. The maximum absolute atomic E-state index is 13.9. The monoisotopic (exact) mass is 538 g/mol. The lowest BCUT2D eigenvalue weighted by molar-refractivity contribution is -0.129. The number of ether oxygens (including phenoxy) is 1. The molecule has 11 heteroatoms. The van der Waals surface area contributed by atoms with Crippen molar-refractivity contribution >= 4 is 17.9 Å². The summed E-state index contributed by atoms with van der Waals surface area (Å²) >= 11 is 0. The van der Waals surface area contributed by atoms with Crippen LogP contribution >= 0.6 is 0 Å². The minimum absolute atomic E-state index is 0.0575. The molecule has 0 radical (unpaired) electrons. The number of piperazine rings is 1. The van der Waals surface area contributed by atoms with Gasteiger partial charge in [-0.2, -0.15) is 0 Å². The highest BCUT2D eigenvalue weighted by atomic mass is 19.1. The summed E-state index contributed by atoms with van der Waals surface area (Å²) in [4.78, 5) is 41.7. The first kappa shape index (κ1) is 29.8. The lowest BCUT2D eigenvalue weighted by Gasteiger charge is -2.41. The van der Waals surface area contributed by atoms with Crippen molar-refractivity contribution in [2.45, 2.75) is 77.2 Å². The second kappa shape index (κ2) is 12.8. The highest BCUT2D eigenvalue weighted by Crippen LogP contribution is 2.22. The van der Waals surface area contributed by atoms with Crippen molar-refractivity contribution in [1.82, 2.24) is 20.4 Å². The molecule has 3 rings (SSSR count). The molecule has 3 N–H and O–H groups in total. The quantitative estimate of drug-likeness (QED) is 0.445. The predicted molar refractivity (Wildman–Crippen MR) is 137 cm³/mol.